The number of hydrogen-bond donors (Lipinski definition) is 1. The van der Waals surface area contributed by atoms with Gasteiger partial charge >= 0.3 is 0 Å². The number of nitrogens with one attached hydrogen (secondary N) is 1. The van der Waals surface area contributed by atoms with Crippen LogP contribution in [0.15, 0.2) is 17.5 Å². The maximum atomic E-state index is 3.38. The van der Waals surface area contributed by atoms with Gasteiger partial charge in [0.2, 0.25) is 0 Å². The molecule has 1 heterocycles. The van der Waals surface area contributed by atoms with E-state index in [1.165, 1.54) is 24.1 Å². The lowest BCUT2D eigenvalue weighted by molar-refractivity contribution is 0.674. The van der Waals surface area contributed by atoms with Crippen molar-refractivity contribution in [3.63, 3.8) is 0 Å². The first-order valence-electron chi connectivity index (χ1n) is 5.58. The topological polar surface area (TPSA) is 12.0 Å². The van der Waals surface area contributed by atoms with Gasteiger partial charge in [0.05, 0.1) is 0 Å². The van der Waals surface area contributed by atoms with E-state index < -0.39 is 0 Å². The highest BCUT2D eigenvalue weighted by Gasteiger charge is 1.91. The first-order valence-corrected chi connectivity index (χ1v) is 6.46. The van der Waals surface area contributed by atoms with Gasteiger partial charge in [-0.15, -0.1) is 11.3 Å². The minimum Gasteiger partial charge on any atom is -0.316 e. The molecular weight excluding hydrogens is 190 g/mol. The molecule has 0 atom stereocenters. The van der Waals surface area contributed by atoms with Gasteiger partial charge in [0.25, 0.3) is 0 Å². The summed E-state index contributed by atoms with van der Waals surface area (Å²) in [6.07, 6.45) is 3.65. The lowest BCUT2D eigenvalue weighted by Crippen LogP contribution is -2.17. The molecule has 0 aliphatic heterocycles. The summed E-state index contributed by atoms with van der Waals surface area (Å²) >= 11 is 1.84. The van der Waals surface area contributed by atoms with Crippen molar-refractivity contribution in [2.45, 2.75) is 40.0 Å². The Balaban J connectivity index is 0.000000500. The molecule has 2 heteroatoms. The van der Waals surface area contributed by atoms with E-state index in [1.807, 2.05) is 11.3 Å². The van der Waals surface area contributed by atoms with Crippen LogP contribution in [0.2, 0.25) is 0 Å². The smallest absolute Gasteiger partial charge is 0.00578 e. The van der Waals surface area contributed by atoms with Crippen molar-refractivity contribution in [3.05, 3.63) is 22.4 Å². The van der Waals surface area contributed by atoms with Crippen LogP contribution in [0.25, 0.3) is 0 Å². The molecule has 0 radical (unpaired) electrons. The van der Waals surface area contributed by atoms with Crippen LogP contribution in [-0.4, -0.2) is 13.1 Å². The third-order valence-electron chi connectivity index (χ3n) is 1.56. The summed E-state index contributed by atoms with van der Waals surface area (Å²) in [6, 6.07) is 4.30. The van der Waals surface area contributed by atoms with E-state index in [9.17, 15) is 0 Å². The van der Waals surface area contributed by atoms with Crippen LogP contribution in [-0.2, 0) is 6.42 Å². The Hall–Kier alpha value is -0.340. The van der Waals surface area contributed by atoms with Gasteiger partial charge in [-0.25, -0.2) is 0 Å². The van der Waals surface area contributed by atoms with E-state index in [0.29, 0.717) is 0 Å². The second-order valence-electron chi connectivity index (χ2n) is 3.29. The van der Waals surface area contributed by atoms with Gasteiger partial charge in [-0.1, -0.05) is 33.3 Å². The van der Waals surface area contributed by atoms with E-state index >= 15 is 0 Å². The zero-order valence-electron chi connectivity index (χ0n) is 9.68. The lowest BCUT2D eigenvalue weighted by Gasteiger charge is -1.99. The third kappa shape index (κ3) is 8.27. The summed E-state index contributed by atoms with van der Waals surface area (Å²) in [6.45, 7) is 8.71. The molecule has 14 heavy (non-hydrogen) atoms. The van der Waals surface area contributed by atoms with Crippen LogP contribution in [0, 0.1) is 0 Å². The maximum Gasteiger partial charge on any atom is 0.00578 e. The molecule has 0 bridgehead atoms. The molecule has 0 saturated carbocycles. The van der Waals surface area contributed by atoms with E-state index in [1.54, 1.807) is 0 Å². The van der Waals surface area contributed by atoms with Gasteiger partial charge in [-0.05, 0) is 37.4 Å². The van der Waals surface area contributed by atoms with E-state index in [4.69, 9.17) is 0 Å². The molecule has 1 nitrogen and oxygen atoms in total. The van der Waals surface area contributed by atoms with Gasteiger partial charge < -0.3 is 5.32 Å². The Morgan fingerprint density at radius 1 is 1.21 bits per heavy atom. The minimum atomic E-state index is 1.12. The second-order valence-corrected chi connectivity index (χ2v) is 4.32. The van der Waals surface area contributed by atoms with Gasteiger partial charge in [0.1, 0.15) is 0 Å². The maximum absolute atomic E-state index is 3.38. The first kappa shape index (κ1) is 13.7. The standard InChI is InChI=1S/C9H15NS.C3H8/c1-2-6-10-7-5-9-4-3-8-11-9;1-3-2/h3-4,8,10H,2,5-7H2,1H3;3H2,1-2H3. The number of rotatable bonds is 5. The van der Waals surface area contributed by atoms with Crippen LogP contribution >= 0.6 is 11.3 Å². The Morgan fingerprint density at radius 3 is 2.43 bits per heavy atom. The molecule has 1 rings (SSSR count). The minimum absolute atomic E-state index is 1.12. The Labute approximate surface area is 92.5 Å². The molecule has 0 amide bonds. The lowest BCUT2D eigenvalue weighted by atomic mass is 10.3. The molecule has 0 saturated heterocycles. The van der Waals surface area contributed by atoms with Crippen molar-refractivity contribution in [2.24, 2.45) is 0 Å². The third-order valence-corrected chi connectivity index (χ3v) is 2.49. The van der Waals surface area contributed by atoms with Crippen molar-refractivity contribution in [2.75, 3.05) is 13.1 Å². The number of hydrogen-bond acceptors (Lipinski definition) is 2. The van der Waals surface area contributed by atoms with Crippen LogP contribution in [0.5, 0.6) is 0 Å². The van der Waals surface area contributed by atoms with Crippen LogP contribution in [0.4, 0.5) is 0 Å². The van der Waals surface area contributed by atoms with Crippen LogP contribution in [0.1, 0.15) is 38.5 Å². The molecule has 1 aromatic heterocycles. The van der Waals surface area contributed by atoms with Crippen molar-refractivity contribution in [1.82, 2.24) is 5.32 Å². The van der Waals surface area contributed by atoms with Crippen molar-refractivity contribution < 1.29 is 0 Å². The molecular formula is C12H23NS. The fourth-order valence-corrected chi connectivity index (χ4v) is 1.68. The van der Waals surface area contributed by atoms with Gasteiger partial charge in [-0.3, -0.25) is 0 Å². The summed E-state index contributed by atoms with van der Waals surface area (Å²) in [5.74, 6) is 0. The normalized spacial score (nSPS) is 9.36. The van der Waals surface area contributed by atoms with Crippen molar-refractivity contribution >= 4 is 11.3 Å². The van der Waals surface area contributed by atoms with Gasteiger partial charge in [0, 0.05) is 4.88 Å². The zero-order chi connectivity index (χ0) is 10.6. The van der Waals surface area contributed by atoms with E-state index in [2.05, 4.69) is 43.6 Å². The largest absolute Gasteiger partial charge is 0.316 e. The summed E-state index contributed by atoms with van der Waals surface area (Å²) in [5, 5.41) is 5.51. The summed E-state index contributed by atoms with van der Waals surface area (Å²) in [7, 11) is 0. The molecule has 0 aliphatic rings. The Morgan fingerprint density at radius 2 is 1.93 bits per heavy atom. The predicted octanol–water partition coefficient (Wildman–Crippen LogP) is 3.71. The number of thiophene rings is 1. The van der Waals surface area contributed by atoms with Gasteiger partial charge in [0.15, 0.2) is 0 Å². The highest BCUT2D eigenvalue weighted by Crippen LogP contribution is 2.07. The first-order chi connectivity index (χ1) is 6.85. The molecule has 0 aliphatic carbocycles. The van der Waals surface area contributed by atoms with Crippen LogP contribution in [0.3, 0.4) is 0 Å². The highest BCUT2D eigenvalue weighted by molar-refractivity contribution is 7.09. The molecule has 0 fully saturated rings. The van der Waals surface area contributed by atoms with Crippen molar-refractivity contribution in [3.8, 4) is 0 Å². The fraction of sp³-hybridized carbons (Fsp3) is 0.667. The summed E-state index contributed by atoms with van der Waals surface area (Å²) < 4.78 is 0. The molecule has 0 unspecified atom stereocenters. The van der Waals surface area contributed by atoms with E-state index in [0.717, 1.165) is 13.1 Å². The SMILES string of the molecule is CCC.CCCNCCc1cccs1. The van der Waals surface area contributed by atoms with Gasteiger partial charge in [-0.2, -0.15) is 0 Å². The Kier molecular flexibility index (Phi) is 10.5. The summed E-state index contributed by atoms with van der Waals surface area (Å²) in [5.41, 5.74) is 0. The molecule has 0 aromatic carbocycles. The molecule has 1 N–H and O–H groups in total. The quantitative estimate of drug-likeness (QED) is 0.735. The predicted molar refractivity (Wildman–Crippen MR) is 67.1 cm³/mol. The van der Waals surface area contributed by atoms with Crippen molar-refractivity contribution in [1.29, 1.82) is 0 Å². The van der Waals surface area contributed by atoms with E-state index in [-0.39, 0.29) is 0 Å². The second kappa shape index (κ2) is 10.7. The fourth-order valence-electron chi connectivity index (χ4n) is 0.968. The average Bonchev–Trinajstić information content (AvgIpc) is 2.66. The molecule has 0 spiro atoms. The highest BCUT2D eigenvalue weighted by atomic mass is 32.1. The zero-order valence-corrected chi connectivity index (χ0v) is 10.5. The molecule has 82 valence electrons. The average molecular weight is 213 g/mol. The Bertz CT molecular complexity index is 182. The molecule has 1 aromatic rings. The monoisotopic (exact) mass is 213 g/mol. The summed E-state index contributed by atoms with van der Waals surface area (Å²) in [4.78, 5) is 1.48. The van der Waals surface area contributed by atoms with Crippen LogP contribution < -0.4 is 5.32 Å².